The molecule has 1 aliphatic heterocycles. The Morgan fingerprint density at radius 1 is 1.58 bits per heavy atom. The summed E-state index contributed by atoms with van der Waals surface area (Å²) in [6.07, 6.45) is 10.3. The van der Waals surface area contributed by atoms with Crippen LogP contribution in [0.25, 0.3) is 0 Å². The second kappa shape index (κ2) is 5.37. The molecule has 0 fully saturated rings. The highest BCUT2D eigenvalue weighted by Gasteiger charge is 1.86. The monoisotopic (exact) mass is 159 g/mol. The maximum Gasteiger partial charge on any atom is 0.0677 e. The van der Waals surface area contributed by atoms with Crippen molar-refractivity contribution in [2.75, 3.05) is 6.54 Å². The van der Waals surface area contributed by atoms with Crippen molar-refractivity contribution in [2.24, 2.45) is 4.99 Å². The van der Waals surface area contributed by atoms with E-state index in [1.165, 1.54) is 5.57 Å². The molecule has 0 atom stereocenters. The van der Waals surface area contributed by atoms with Crippen LogP contribution in [0.5, 0.6) is 0 Å². The van der Waals surface area contributed by atoms with Crippen molar-refractivity contribution in [1.82, 2.24) is 0 Å². The molecule has 1 nitrogen and oxygen atoms in total. The first-order valence-electron chi connectivity index (χ1n) is 4.27. The number of allylic oxidation sites excluding steroid dienone is 4. The Labute approximate surface area is 73.5 Å². The molecular weight excluding hydrogens is 146 g/mol. The van der Waals surface area contributed by atoms with Crippen LogP contribution in [0.4, 0.5) is 0 Å². The molecule has 0 saturated heterocycles. The van der Waals surface area contributed by atoms with Crippen LogP contribution in [0.15, 0.2) is 40.6 Å². The fourth-order valence-electron chi connectivity index (χ4n) is 0.976. The number of rotatable bonds is 1. The molecule has 1 rings (SSSR count). The van der Waals surface area contributed by atoms with Gasteiger partial charge in [0.2, 0.25) is 0 Å². The van der Waals surface area contributed by atoms with E-state index in [0.29, 0.717) is 6.54 Å². The van der Waals surface area contributed by atoms with Gasteiger partial charge in [0.05, 0.1) is 6.54 Å². The zero-order valence-corrected chi connectivity index (χ0v) is 7.38. The highest BCUT2D eigenvalue weighted by Crippen LogP contribution is 2.03. The van der Waals surface area contributed by atoms with Crippen LogP contribution >= 0.6 is 0 Å². The van der Waals surface area contributed by atoms with E-state index in [-0.39, 0.29) is 0 Å². The summed E-state index contributed by atoms with van der Waals surface area (Å²) in [4.78, 5) is 4.03. The van der Waals surface area contributed by atoms with Gasteiger partial charge in [-0.1, -0.05) is 36.5 Å². The predicted molar refractivity (Wildman–Crippen MR) is 52.5 cm³/mol. The molecule has 1 heterocycles. The van der Waals surface area contributed by atoms with E-state index < -0.39 is 0 Å². The summed E-state index contributed by atoms with van der Waals surface area (Å²) >= 11 is 0. The summed E-state index contributed by atoms with van der Waals surface area (Å²) in [6.45, 7) is 2.87. The zero-order valence-electron chi connectivity index (χ0n) is 7.38. The van der Waals surface area contributed by atoms with Gasteiger partial charge < -0.3 is 0 Å². The molecule has 0 aromatic rings. The largest absolute Gasteiger partial charge is 0.231 e. The SMILES string of the molecule is CC/C1=C/CN=C=C=CCC=C1. The molecule has 12 heavy (non-hydrogen) atoms. The number of hydrogen-bond acceptors (Lipinski definition) is 1. The van der Waals surface area contributed by atoms with Crippen molar-refractivity contribution in [1.29, 1.82) is 0 Å². The van der Waals surface area contributed by atoms with Crippen LogP contribution in [-0.4, -0.2) is 12.4 Å². The van der Waals surface area contributed by atoms with Crippen LogP contribution in [-0.2, 0) is 0 Å². The minimum absolute atomic E-state index is 0.717. The minimum Gasteiger partial charge on any atom is -0.231 e. The predicted octanol–water partition coefficient (Wildman–Crippen LogP) is 2.66. The lowest BCUT2D eigenvalue weighted by molar-refractivity contribution is 1.11. The molecule has 0 aromatic heterocycles. The van der Waals surface area contributed by atoms with E-state index in [1.807, 2.05) is 6.08 Å². The standard InChI is InChI=1S/C11H13N/c1-2-11-7-5-3-4-6-9-12-10-8-11/h4-5,7-8H,2-3,10H2,1H3/b7-5?,11-8-. The number of aliphatic imine (C=N–C) groups is 1. The van der Waals surface area contributed by atoms with Gasteiger partial charge >= 0.3 is 0 Å². The third-order valence-electron chi connectivity index (χ3n) is 1.68. The molecule has 62 valence electrons. The number of hydrogen-bond donors (Lipinski definition) is 0. The van der Waals surface area contributed by atoms with Gasteiger partial charge in [0, 0.05) is 5.87 Å². The number of nitrogens with zero attached hydrogens (tertiary/aromatic N) is 1. The van der Waals surface area contributed by atoms with Gasteiger partial charge in [0.15, 0.2) is 0 Å². The van der Waals surface area contributed by atoms with Crippen LogP contribution in [0.2, 0.25) is 0 Å². The van der Waals surface area contributed by atoms with Gasteiger partial charge in [0.1, 0.15) is 0 Å². The van der Waals surface area contributed by atoms with Crippen molar-refractivity contribution in [2.45, 2.75) is 19.8 Å². The molecule has 0 saturated carbocycles. The molecule has 0 radical (unpaired) electrons. The molecular formula is C11H13N. The first kappa shape index (κ1) is 8.80. The van der Waals surface area contributed by atoms with E-state index in [1.54, 1.807) is 0 Å². The fraction of sp³-hybridized carbons (Fsp3) is 0.364. The van der Waals surface area contributed by atoms with E-state index >= 15 is 0 Å². The van der Waals surface area contributed by atoms with E-state index in [2.05, 4.69) is 41.7 Å². The average molecular weight is 159 g/mol. The second-order valence-corrected chi connectivity index (χ2v) is 2.57. The van der Waals surface area contributed by atoms with Crippen molar-refractivity contribution in [3.8, 4) is 0 Å². The summed E-state index contributed by atoms with van der Waals surface area (Å²) in [5.41, 5.74) is 4.21. The third-order valence-corrected chi connectivity index (χ3v) is 1.68. The molecule has 1 heteroatoms. The lowest BCUT2D eigenvalue weighted by Crippen LogP contribution is -1.79. The highest BCUT2D eigenvalue weighted by atomic mass is 14.7. The molecule has 0 N–H and O–H groups in total. The molecule has 0 spiro atoms. The average Bonchev–Trinajstić information content (AvgIpc) is 2.14. The van der Waals surface area contributed by atoms with Gasteiger partial charge in [-0.2, -0.15) is 0 Å². The summed E-state index contributed by atoms with van der Waals surface area (Å²) in [5, 5.41) is 0. The Balaban J connectivity index is 2.77. The van der Waals surface area contributed by atoms with Crippen LogP contribution in [0.1, 0.15) is 19.8 Å². The lowest BCUT2D eigenvalue weighted by atomic mass is 10.1. The Morgan fingerprint density at radius 2 is 2.50 bits per heavy atom. The third kappa shape index (κ3) is 3.21. The van der Waals surface area contributed by atoms with E-state index in [9.17, 15) is 0 Å². The molecule has 0 bridgehead atoms. The summed E-state index contributed by atoms with van der Waals surface area (Å²) < 4.78 is 0. The highest BCUT2D eigenvalue weighted by molar-refractivity contribution is 5.50. The van der Waals surface area contributed by atoms with Gasteiger partial charge in [-0.05, 0) is 18.9 Å². The lowest BCUT2D eigenvalue weighted by Gasteiger charge is -1.94. The molecule has 0 aliphatic carbocycles. The normalized spacial score (nSPS) is 20.6. The maximum atomic E-state index is 4.03. The van der Waals surface area contributed by atoms with Crippen LogP contribution in [0.3, 0.4) is 0 Å². The van der Waals surface area contributed by atoms with Crippen LogP contribution in [0, 0.1) is 0 Å². The summed E-state index contributed by atoms with van der Waals surface area (Å²) in [7, 11) is 0. The molecule has 1 aliphatic rings. The van der Waals surface area contributed by atoms with Crippen molar-refractivity contribution < 1.29 is 0 Å². The molecule has 0 unspecified atom stereocenters. The summed E-state index contributed by atoms with van der Waals surface area (Å²) in [6, 6.07) is 0. The van der Waals surface area contributed by atoms with Gasteiger partial charge in [0.25, 0.3) is 0 Å². The second-order valence-electron chi connectivity index (χ2n) is 2.57. The Hall–Kier alpha value is -1.29. The minimum atomic E-state index is 0.717. The van der Waals surface area contributed by atoms with Crippen molar-refractivity contribution in [3.63, 3.8) is 0 Å². The van der Waals surface area contributed by atoms with Gasteiger partial charge in [-0.15, -0.1) is 0 Å². The van der Waals surface area contributed by atoms with E-state index in [0.717, 1.165) is 12.8 Å². The topological polar surface area (TPSA) is 12.4 Å². The van der Waals surface area contributed by atoms with Crippen LogP contribution < -0.4 is 0 Å². The van der Waals surface area contributed by atoms with Gasteiger partial charge in [-0.25, -0.2) is 4.99 Å². The van der Waals surface area contributed by atoms with Gasteiger partial charge in [-0.3, -0.25) is 0 Å². The first-order chi connectivity index (χ1) is 5.93. The Bertz CT molecular complexity index is 282. The fourth-order valence-corrected chi connectivity index (χ4v) is 0.976. The summed E-state index contributed by atoms with van der Waals surface area (Å²) in [5.74, 6) is 2.74. The van der Waals surface area contributed by atoms with Crippen molar-refractivity contribution in [3.05, 3.63) is 35.6 Å². The van der Waals surface area contributed by atoms with Crippen molar-refractivity contribution >= 4 is 5.87 Å². The Kier molecular flexibility index (Phi) is 3.94. The first-order valence-corrected chi connectivity index (χ1v) is 4.27. The molecule has 0 aromatic carbocycles. The smallest absolute Gasteiger partial charge is 0.0677 e. The maximum absolute atomic E-state index is 4.03. The quantitative estimate of drug-likeness (QED) is 0.521. The molecule has 0 amide bonds. The zero-order chi connectivity index (χ0) is 8.65. The Morgan fingerprint density at radius 3 is 3.33 bits per heavy atom. The van der Waals surface area contributed by atoms with E-state index in [4.69, 9.17) is 0 Å².